The van der Waals surface area contributed by atoms with Crippen molar-refractivity contribution in [1.82, 2.24) is 25.1 Å². The van der Waals surface area contributed by atoms with Gasteiger partial charge >= 0.3 is 0 Å². The molecule has 0 fully saturated rings. The fourth-order valence-electron chi connectivity index (χ4n) is 2.23. The van der Waals surface area contributed by atoms with Gasteiger partial charge in [0.25, 0.3) is 5.91 Å². The Morgan fingerprint density at radius 2 is 2.29 bits per heavy atom. The molecule has 0 spiro atoms. The summed E-state index contributed by atoms with van der Waals surface area (Å²) in [5.74, 6) is -0.140. The SMILES string of the molecule is CC(Cn1cccn1)NC(=O)c1cccc2cncnc12. The number of hydrogen-bond acceptors (Lipinski definition) is 4. The van der Waals surface area contributed by atoms with E-state index in [2.05, 4.69) is 20.4 Å². The Morgan fingerprint density at radius 1 is 1.38 bits per heavy atom. The molecule has 1 unspecified atom stereocenters. The van der Waals surface area contributed by atoms with E-state index in [1.165, 1.54) is 6.33 Å². The van der Waals surface area contributed by atoms with E-state index in [4.69, 9.17) is 0 Å². The maximum atomic E-state index is 12.4. The van der Waals surface area contributed by atoms with Gasteiger partial charge in [-0.1, -0.05) is 12.1 Å². The van der Waals surface area contributed by atoms with Crippen molar-refractivity contribution >= 4 is 16.8 Å². The molecule has 1 N–H and O–H groups in total. The van der Waals surface area contributed by atoms with Gasteiger partial charge in [-0.25, -0.2) is 9.97 Å². The van der Waals surface area contributed by atoms with Crippen molar-refractivity contribution in [2.75, 3.05) is 0 Å². The number of carbonyl (C=O) groups is 1. The minimum atomic E-state index is -0.140. The Kier molecular flexibility index (Phi) is 3.59. The number of aromatic nitrogens is 4. The van der Waals surface area contributed by atoms with E-state index in [0.29, 0.717) is 17.6 Å². The molecule has 0 aliphatic rings. The molecular formula is C15H15N5O. The summed E-state index contributed by atoms with van der Waals surface area (Å²) in [6.07, 6.45) is 6.74. The summed E-state index contributed by atoms with van der Waals surface area (Å²) in [6, 6.07) is 7.31. The van der Waals surface area contributed by atoms with Crippen molar-refractivity contribution in [2.24, 2.45) is 0 Å². The van der Waals surface area contributed by atoms with Gasteiger partial charge in [0.05, 0.1) is 17.6 Å². The highest BCUT2D eigenvalue weighted by molar-refractivity contribution is 6.05. The topological polar surface area (TPSA) is 72.7 Å². The molecule has 3 rings (SSSR count). The van der Waals surface area contributed by atoms with Crippen LogP contribution in [0.3, 0.4) is 0 Å². The normalized spacial score (nSPS) is 12.2. The fraction of sp³-hybridized carbons (Fsp3) is 0.200. The number of carbonyl (C=O) groups excluding carboxylic acids is 1. The zero-order chi connectivity index (χ0) is 14.7. The summed E-state index contributed by atoms with van der Waals surface area (Å²) in [5.41, 5.74) is 1.22. The third kappa shape index (κ3) is 2.89. The Morgan fingerprint density at radius 3 is 3.10 bits per heavy atom. The van der Waals surface area contributed by atoms with E-state index in [-0.39, 0.29) is 11.9 Å². The number of fused-ring (bicyclic) bond motifs is 1. The molecular weight excluding hydrogens is 266 g/mol. The zero-order valence-corrected chi connectivity index (χ0v) is 11.6. The van der Waals surface area contributed by atoms with E-state index in [1.54, 1.807) is 23.1 Å². The van der Waals surface area contributed by atoms with Crippen molar-refractivity contribution in [1.29, 1.82) is 0 Å². The van der Waals surface area contributed by atoms with Crippen LogP contribution in [0.4, 0.5) is 0 Å². The molecule has 0 bridgehead atoms. The molecule has 1 atom stereocenters. The summed E-state index contributed by atoms with van der Waals surface area (Å²) in [4.78, 5) is 20.6. The third-order valence-corrected chi connectivity index (χ3v) is 3.18. The fourth-order valence-corrected chi connectivity index (χ4v) is 2.23. The van der Waals surface area contributed by atoms with Crippen LogP contribution < -0.4 is 5.32 Å². The van der Waals surface area contributed by atoms with Crippen LogP contribution >= 0.6 is 0 Å². The molecule has 0 aliphatic carbocycles. The van der Waals surface area contributed by atoms with Crippen LogP contribution in [0.5, 0.6) is 0 Å². The monoisotopic (exact) mass is 281 g/mol. The summed E-state index contributed by atoms with van der Waals surface area (Å²) in [6.45, 7) is 2.57. The first-order valence-electron chi connectivity index (χ1n) is 6.71. The molecule has 1 aromatic carbocycles. The van der Waals surface area contributed by atoms with Gasteiger partial charge in [-0.2, -0.15) is 5.10 Å². The van der Waals surface area contributed by atoms with Crippen LogP contribution in [0.1, 0.15) is 17.3 Å². The standard InChI is InChI=1S/C15H15N5O/c1-11(9-20-7-3-6-18-20)19-15(21)13-5-2-4-12-8-16-10-17-14(12)13/h2-8,10-11H,9H2,1H3,(H,19,21). The number of benzene rings is 1. The lowest BCUT2D eigenvalue weighted by atomic mass is 10.1. The lowest BCUT2D eigenvalue weighted by Gasteiger charge is -2.14. The predicted octanol–water partition coefficient (Wildman–Crippen LogP) is 1.64. The number of nitrogens with one attached hydrogen (secondary N) is 1. The average molecular weight is 281 g/mol. The smallest absolute Gasteiger partial charge is 0.253 e. The number of para-hydroxylation sites is 1. The molecule has 2 heterocycles. The maximum absolute atomic E-state index is 12.4. The van der Waals surface area contributed by atoms with Gasteiger partial charge in [-0.05, 0) is 19.1 Å². The molecule has 1 amide bonds. The number of amides is 1. The number of hydrogen-bond donors (Lipinski definition) is 1. The van der Waals surface area contributed by atoms with Gasteiger partial charge < -0.3 is 5.32 Å². The minimum absolute atomic E-state index is 0.0329. The van der Waals surface area contributed by atoms with Gasteiger partial charge in [0.2, 0.25) is 0 Å². The van der Waals surface area contributed by atoms with Crippen molar-refractivity contribution in [3.8, 4) is 0 Å². The molecule has 6 nitrogen and oxygen atoms in total. The summed E-state index contributed by atoms with van der Waals surface area (Å²) >= 11 is 0. The van der Waals surface area contributed by atoms with Gasteiger partial charge in [0.1, 0.15) is 6.33 Å². The number of nitrogens with zero attached hydrogens (tertiary/aromatic N) is 4. The lowest BCUT2D eigenvalue weighted by Crippen LogP contribution is -2.36. The van der Waals surface area contributed by atoms with Gasteiger partial charge in [-0.3, -0.25) is 9.48 Å². The molecule has 0 aliphatic heterocycles. The molecule has 21 heavy (non-hydrogen) atoms. The summed E-state index contributed by atoms with van der Waals surface area (Å²) in [7, 11) is 0. The van der Waals surface area contributed by atoms with Crippen LogP contribution in [-0.2, 0) is 6.54 Å². The highest BCUT2D eigenvalue weighted by Gasteiger charge is 2.13. The quantitative estimate of drug-likeness (QED) is 0.789. The summed E-state index contributed by atoms with van der Waals surface area (Å²) in [5, 5.41) is 7.95. The lowest BCUT2D eigenvalue weighted by molar-refractivity contribution is 0.0937. The van der Waals surface area contributed by atoms with Crippen LogP contribution in [0.25, 0.3) is 10.9 Å². The molecule has 2 aromatic heterocycles. The first kappa shape index (κ1) is 13.2. The Labute approximate surface area is 121 Å². The minimum Gasteiger partial charge on any atom is -0.348 e. The first-order chi connectivity index (χ1) is 10.2. The van der Waals surface area contributed by atoms with E-state index in [9.17, 15) is 4.79 Å². The van der Waals surface area contributed by atoms with Crippen LogP contribution in [0, 0.1) is 0 Å². The third-order valence-electron chi connectivity index (χ3n) is 3.18. The molecule has 106 valence electrons. The molecule has 6 heteroatoms. The van der Waals surface area contributed by atoms with E-state index < -0.39 is 0 Å². The molecule has 3 aromatic rings. The average Bonchev–Trinajstić information content (AvgIpc) is 2.99. The largest absolute Gasteiger partial charge is 0.348 e. The van der Waals surface area contributed by atoms with Crippen molar-refractivity contribution in [2.45, 2.75) is 19.5 Å². The van der Waals surface area contributed by atoms with E-state index >= 15 is 0 Å². The summed E-state index contributed by atoms with van der Waals surface area (Å²) < 4.78 is 1.79. The second-order valence-corrected chi connectivity index (χ2v) is 4.87. The van der Waals surface area contributed by atoms with Gasteiger partial charge in [0.15, 0.2) is 0 Å². The Bertz CT molecular complexity index is 748. The predicted molar refractivity (Wildman–Crippen MR) is 78.7 cm³/mol. The highest BCUT2D eigenvalue weighted by Crippen LogP contribution is 2.14. The molecule has 0 radical (unpaired) electrons. The van der Waals surface area contributed by atoms with Crippen molar-refractivity contribution in [3.05, 3.63) is 54.7 Å². The maximum Gasteiger partial charge on any atom is 0.253 e. The van der Waals surface area contributed by atoms with E-state index in [0.717, 1.165) is 5.39 Å². The van der Waals surface area contributed by atoms with Gasteiger partial charge in [-0.15, -0.1) is 0 Å². The Hall–Kier alpha value is -2.76. The van der Waals surface area contributed by atoms with Crippen molar-refractivity contribution in [3.63, 3.8) is 0 Å². The second-order valence-electron chi connectivity index (χ2n) is 4.87. The van der Waals surface area contributed by atoms with Crippen LogP contribution in [0.2, 0.25) is 0 Å². The Balaban J connectivity index is 1.78. The zero-order valence-electron chi connectivity index (χ0n) is 11.6. The van der Waals surface area contributed by atoms with E-state index in [1.807, 2.05) is 31.3 Å². The number of rotatable bonds is 4. The second kappa shape index (κ2) is 5.70. The first-order valence-corrected chi connectivity index (χ1v) is 6.71. The highest BCUT2D eigenvalue weighted by atomic mass is 16.1. The van der Waals surface area contributed by atoms with Crippen LogP contribution in [-0.4, -0.2) is 31.7 Å². The molecule has 0 saturated heterocycles. The molecule has 0 saturated carbocycles. The van der Waals surface area contributed by atoms with Gasteiger partial charge in [0, 0.05) is 30.0 Å². The van der Waals surface area contributed by atoms with Crippen LogP contribution in [0.15, 0.2) is 49.2 Å². The van der Waals surface area contributed by atoms with Crippen molar-refractivity contribution < 1.29 is 4.79 Å².